The van der Waals surface area contributed by atoms with Crippen molar-refractivity contribution in [3.05, 3.63) is 29.6 Å². The summed E-state index contributed by atoms with van der Waals surface area (Å²) in [6.45, 7) is 9.76. The summed E-state index contributed by atoms with van der Waals surface area (Å²) in [5, 5.41) is 3.15. The maximum absolute atomic E-state index is 4.71. The van der Waals surface area contributed by atoms with E-state index in [1.165, 1.54) is 5.69 Å². The highest BCUT2D eigenvalue weighted by atomic mass is 15.3. The van der Waals surface area contributed by atoms with Gasteiger partial charge in [-0.25, -0.2) is 0 Å². The lowest BCUT2D eigenvalue weighted by atomic mass is 9.99. The lowest BCUT2D eigenvalue weighted by molar-refractivity contribution is 0.0354. The zero-order valence-electron chi connectivity index (χ0n) is 12.6. The third-order valence-electron chi connectivity index (χ3n) is 4.00. The molecule has 1 aliphatic rings. The van der Waals surface area contributed by atoms with Gasteiger partial charge in [0.25, 0.3) is 0 Å². The number of nitrogens with one attached hydrogen (secondary N) is 1. The summed E-state index contributed by atoms with van der Waals surface area (Å²) in [6, 6.07) is 6.31. The van der Waals surface area contributed by atoms with Gasteiger partial charge in [-0.1, -0.05) is 6.07 Å². The fourth-order valence-corrected chi connectivity index (χ4v) is 2.60. The Hall–Kier alpha value is -0.970. The highest BCUT2D eigenvalue weighted by Gasteiger charge is 2.30. The first-order chi connectivity index (χ1) is 9.01. The molecule has 0 amide bonds. The fraction of sp³-hybridized carbons (Fsp3) is 0.667. The number of pyridine rings is 1. The van der Waals surface area contributed by atoms with Gasteiger partial charge < -0.3 is 5.32 Å². The van der Waals surface area contributed by atoms with E-state index < -0.39 is 0 Å². The van der Waals surface area contributed by atoms with Crippen LogP contribution in [0.15, 0.2) is 18.2 Å². The average molecular weight is 262 g/mol. The summed E-state index contributed by atoms with van der Waals surface area (Å²) in [4.78, 5) is 9.65. The van der Waals surface area contributed by atoms with Gasteiger partial charge >= 0.3 is 0 Å². The number of aromatic nitrogens is 1. The van der Waals surface area contributed by atoms with E-state index in [0.717, 1.165) is 38.4 Å². The van der Waals surface area contributed by atoms with Crippen LogP contribution in [0.5, 0.6) is 0 Å². The van der Waals surface area contributed by atoms with E-state index in [0.29, 0.717) is 0 Å². The molecule has 1 aromatic rings. The predicted octanol–water partition coefficient (Wildman–Crippen LogP) is 1.33. The van der Waals surface area contributed by atoms with Crippen molar-refractivity contribution in [3.8, 4) is 0 Å². The van der Waals surface area contributed by atoms with Gasteiger partial charge in [0.1, 0.15) is 0 Å². The van der Waals surface area contributed by atoms with Crippen LogP contribution >= 0.6 is 0 Å². The van der Waals surface area contributed by atoms with Gasteiger partial charge in [-0.15, -0.1) is 0 Å². The monoisotopic (exact) mass is 262 g/mol. The van der Waals surface area contributed by atoms with E-state index in [9.17, 15) is 0 Å². The van der Waals surface area contributed by atoms with Crippen LogP contribution in [0, 0.1) is 0 Å². The maximum atomic E-state index is 4.71. The van der Waals surface area contributed by atoms with Crippen molar-refractivity contribution >= 4 is 0 Å². The molecule has 1 fully saturated rings. The standard InChI is InChI=1S/C15H26N4/c1-15(2)12-19(9-8-18(15)4)11-14-7-5-6-13(17-14)10-16-3/h5-7,16H,8-12H2,1-4H3. The smallest absolute Gasteiger partial charge is 0.0547 e. The molecule has 0 bridgehead atoms. The van der Waals surface area contributed by atoms with Crippen LogP contribution in [0.1, 0.15) is 25.2 Å². The molecule has 4 nitrogen and oxygen atoms in total. The van der Waals surface area contributed by atoms with Crippen LogP contribution in [0.3, 0.4) is 0 Å². The molecule has 1 aromatic heterocycles. The van der Waals surface area contributed by atoms with E-state index >= 15 is 0 Å². The first-order valence-electron chi connectivity index (χ1n) is 7.04. The maximum Gasteiger partial charge on any atom is 0.0547 e. The van der Waals surface area contributed by atoms with Crippen molar-refractivity contribution in [2.45, 2.75) is 32.5 Å². The van der Waals surface area contributed by atoms with Crippen LogP contribution in [-0.2, 0) is 13.1 Å². The van der Waals surface area contributed by atoms with Crippen molar-refractivity contribution in [3.63, 3.8) is 0 Å². The third kappa shape index (κ3) is 3.75. The van der Waals surface area contributed by atoms with Gasteiger partial charge in [-0.2, -0.15) is 0 Å². The summed E-state index contributed by atoms with van der Waals surface area (Å²) in [6.07, 6.45) is 0. The minimum Gasteiger partial charge on any atom is -0.314 e. The molecule has 0 spiro atoms. The van der Waals surface area contributed by atoms with Crippen molar-refractivity contribution in [2.75, 3.05) is 33.7 Å². The second-order valence-electron chi connectivity index (χ2n) is 6.10. The van der Waals surface area contributed by atoms with Gasteiger partial charge in [-0.05, 0) is 40.1 Å². The molecule has 4 heteroatoms. The Morgan fingerprint density at radius 3 is 2.68 bits per heavy atom. The first-order valence-corrected chi connectivity index (χ1v) is 7.04. The molecule has 0 unspecified atom stereocenters. The Morgan fingerprint density at radius 1 is 1.26 bits per heavy atom. The minimum atomic E-state index is 0.251. The molecule has 19 heavy (non-hydrogen) atoms. The summed E-state index contributed by atoms with van der Waals surface area (Å²) >= 11 is 0. The highest BCUT2D eigenvalue weighted by molar-refractivity contribution is 5.11. The van der Waals surface area contributed by atoms with E-state index in [4.69, 9.17) is 4.98 Å². The molecule has 2 rings (SSSR count). The van der Waals surface area contributed by atoms with Crippen LogP contribution < -0.4 is 5.32 Å². The summed E-state index contributed by atoms with van der Waals surface area (Å²) in [7, 11) is 4.17. The number of piperazine rings is 1. The topological polar surface area (TPSA) is 31.4 Å². The molecule has 1 N–H and O–H groups in total. The third-order valence-corrected chi connectivity index (χ3v) is 4.00. The van der Waals surface area contributed by atoms with Gasteiger partial charge in [0.15, 0.2) is 0 Å². The number of rotatable bonds is 4. The van der Waals surface area contributed by atoms with Gasteiger partial charge in [0.05, 0.1) is 11.4 Å². The molecular formula is C15H26N4. The highest BCUT2D eigenvalue weighted by Crippen LogP contribution is 2.20. The fourth-order valence-electron chi connectivity index (χ4n) is 2.60. The normalized spacial score (nSPS) is 20.6. The van der Waals surface area contributed by atoms with Gasteiger partial charge in [0.2, 0.25) is 0 Å². The molecule has 1 aliphatic heterocycles. The molecular weight excluding hydrogens is 236 g/mol. The first kappa shape index (κ1) is 14.4. The Balaban J connectivity index is 1.99. The predicted molar refractivity (Wildman–Crippen MR) is 79.0 cm³/mol. The number of hydrogen-bond donors (Lipinski definition) is 1. The lowest BCUT2D eigenvalue weighted by Crippen LogP contribution is -2.57. The summed E-state index contributed by atoms with van der Waals surface area (Å²) in [5.41, 5.74) is 2.54. The Labute approximate surface area is 116 Å². The number of hydrogen-bond acceptors (Lipinski definition) is 4. The van der Waals surface area contributed by atoms with Crippen LogP contribution in [0.2, 0.25) is 0 Å². The van der Waals surface area contributed by atoms with Crippen molar-refractivity contribution in [1.82, 2.24) is 20.1 Å². The molecule has 0 aliphatic carbocycles. The summed E-state index contributed by atoms with van der Waals surface area (Å²) in [5.74, 6) is 0. The zero-order chi connectivity index (χ0) is 13.9. The molecule has 2 heterocycles. The van der Waals surface area contributed by atoms with Crippen molar-refractivity contribution < 1.29 is 0 Å². The van der Waals surface area contributed by atoms with Crippen LogP contribution in [-0.4, -0.2) is 54.1 Å². The van der Waals surface area contributed by atoms with Gasteiger partial charge in [0, 0.05) is 38.3 Å². The minimum absolute atomic E-state index is 0.251. The molecule has 0 saturated carbocycles. The molecule has 106 valence electrons. The Bertz CT molecular complexity index is 416. The van der Waals surface area contributed by atoms with Crippen molar-refractivity contribution in [1.29, 1.82) is 0 Å². The molecule has 0 atom stereocenters. The molecule has 1 saturated heterocycles. The molecule has 0 aromatic carbocycles. The van der Waals surface area contributed by atoms with E-state index in [1.807, 2.05) is 7.05 Å². The van der Waals surface area contributed by atoms with E-state index in [2.05, 4.69) is 54.2 Å². The van der Waals surface area contributed by atoms with E-state index in [1.54, 1.807) is 0 Å². The SMILES string of the molecule is CNCc1cccc(CN2CCN(C)C(C)(C)C2)n1. The second-order valence-corrected chi connectivity index (χ2v) is 6.10. The van der Waals surface area contributed by atoms with Crippen molar-refractivity contribution in [2.24, 2.45) is 0 Å². The quantitative estimate of drug-likeness (QED) is 0.887. The van der Waals surface area contributed by atoms with Gasteiger partial charge in [-0.3, -0.25) is 14.8 Å². The number of likely N-dealkylation sites (N-methyl/N-ethyl adjacent to an activating group) is 1. The largest absolute Gasteiger partial charge is 0.314 e. The summed E-state index contributed by atoms with van der Waals surface area (Å²) < 4.78 is 0. The molecule has 0 radical (unpaired) electrons. The average Bonchev–Trinajstić information content (AvgIpc) is 2.34. The second kappa shape index (κ2) is 5.99. The Kier molecular flexibility index (Phi) is 4.55. The van der Waals surface area contributed by atoms with Crippen LogP contribution in [0.25, 0.3) is 0 Å². The van der Waals surface area contributed by atoms with Crippen LogP contribution in [0.4, 0.5) is 0 Å². The zero-order valence-corrected chi connectivity index (χ0v) is 12.6. The number of nitrogens with zero attached hydrogens (tertiary/aromatic N) is 3. The van der Waals surface area contributed by atoms with E-state index in [-0.39, 0.29) is 5.54 Å². The Morgan fingerprint density at radius 2 is 2.00 bits per heavy atom. The lowest BCUT2D eigenvalue weighted by Gasteiger charge is -2.45.